The normalized spacial score (nSPS) is 16.7. The Morgan fingerprint density at radius 2 is 1.44 bits per heavy atom. The molecule has 2 aliphatic heterocycles. The monoisotopic (exact) mass is 840 g/mol. The highest BCUT2D eigenvalue weighted by Crippen LogP contribution is 2.51. The Morgan fingerprint density at radius 3 is 2.16 bits per heavy atom. The Bertz CT molecular complexity index is 2470. The van der Waals surface area contributed by atoms with Crippen molar-refractivity contribution in [2.24, 2.45) is 0 Å². The lowest BCUT2D eigenvalue weighted by Gasteiger charge is -2.27. The van der Waals surface area contributed by atoms with E-state index in [-0.39, 0.29) is 23.2 Å². The van der Waals surface area contributed by atoms with Crippen LogP contribution in [-0.2, 0) is 27.0 Å². The smallest absolute Gasteiger partial charge is 0.309 e. The summed E-state index contributed by atoms with van der Waals surface area (Å²) in [6.45, 7) is 10.5. The van der Waals surface area contributed by atoms with Gasteiger partial charge in [0.2, 0.25) is 11.6 Å². The number of carbonyl (C=O) groups is 2. The Balaban J connectivity index is 1.12. The van der Waals surface area contributed by atoms with Gasteiger partial charge in [0.05, 0.1) is 5.41 Å². The second-order valence-electron chi connectivity index (χ2n) is 15.3. The number of carboxylic acid groups (broad SMARTS) is 1. The molecule has 0 fully saturated rings. The van der Waals surface area contributed by atoms with Gasteiger partial charge in [-0.1, -0.05) is 111 Å². The Labute approximate surface area is 337 Å². The Morgan fingerprint density at radius 1 is 0.764 bits per heavy atom. The standard InChI is InChI=1S/C48H46IN3O3/c1-47(2)41(51(39-25-23-34-16-10-12-19-37(34)45(39)47)29-27-43(53)50-32-33-15-14-18-36(49)31-33)21-8-6-5-7-9-22-42-48(3,4)46-38-20-13-11-17-35(38)24-26-40(46)52(42)30-28-44(54)55/h5-26,31H,27-30,32H2,1-4H3,(H-,50,53,54,55)/p+1. The van der Waals surface area contributed by atoms with Gasteiger partial charge in [-0.2, -0.15) is 4.58 Å². The van der Waals surface area contributed by atoms with E-state index in [1.165, 1.54) is 32.7 Å². The van der Waals surface area contributed by atoms with E-state index in [9.17, 15) is 14.7 Å². The zero-order chi connectivity index (χ0) is 38.7. The molecule has 0 atom stereocenters. The van der Waals surface area contributed by atoms with Gasteiger partial charge in [-0.15, -0.1) is 0 Å². The van der Waals surface area contributed by atoms with Crippen LogP contribution in [-0.4, -0.2) is 40.4 Å². The first-order valence-corrected chi connectivity index (χ1v) is 20.0. The second kappa shape index (κ2) is 15.8. The summed E-state index contributed by atoms with van der Waals surface area (Å²) in [5, 5.41) is 17.5. The van der Waals surface area contributed by atoms with Crippen LogP contribution >= 0.6 is 22.6 Å². The van der Waals surface area contributed by atoms with Crippen LogP contribution in [0.4, 0.5) is 11.4 Å². The topological polar surface area (TPSA) is 72.7 Å². The number of hydrogen-bond donors (Lipinski definition) is 2. The number of hydrogen-bond acceptors (Lipinski definition) is 3. The summed E-state index contributed by atoms with van der Waals surface area (Å²) in [6, 6.07) is 33.7. The molecule has 0 unspecified atom stereocenters. The number of allylic oxidation sites excluding steroid dienone is 8. The van der Waals surface area contributed by atoms with Crippen molar-refractivity contribution in [1.82, 2.24) is 5.32 Å². The predicted octanol–water partition coefficient (Wildman–Crippen LogP) is 10.5. The molecule has 5 aromatic rings. The van der Waals surface area contributed by atoms with E-state index in [0.29, 0.717) is 26.1 Å². The van der Waals surface area contributed by atoms with Crippen LogP contribution in [0.3, 0.4) is 0 Å². The highest BCUT2D eigenvalue weighted by Gasteiger charge is 2.45. The first kappa shape index (κ1) is 38.0. The van der Waals surface area contributed by atoms with E-state index >= 15 is 0 Å². The molecule has 6 nitrogen and oxygen atoms in total. The van der Waals surface area contributed by atoms with Crippen LogP contribution in [0.15, 0.2) is 145 Å². The van der Waals surface area contributed by atoms with Crippen molar-refractivity contribution in [3.05, 3.63) is 166 Å². The van der Waals surface area contributed by atoms with Crippen molar-refractivity contribution < 1.29 is 19.3 Å². The van der Waals surface area contributed by atoms with Crippen molar-refractivity contribution in [1.29, 1.82) is 0 Å². The van der Waals surface area contributed by atoms with E-state index < -0.39 is 5.97 Å². The summed E-state index contributed by atoms with van der Waals surface area (Å²) in [5.74, 6) is -0.785. The third-order valence-corrected chi connectivity index (χ3v) is 11.6. The molecule has 0 bridgehead atoms. The van der Waals surface area contributed by atoms with E-state index in [2.05, 4.69) is 162 Å². The van der Waals surface area contributed by atoms with Crippen LogP contribution < -0.4 is 10.2 Å². The van der Waals surface area contributed by atoms with Crippen LogP contribution in [0.5, 0.6) is 0 Å². The number of nitrogens with zero attached hydrogens (tertiary/aromatic N) is 2. The largest absolute Gasteiger partial charge is 0.481 e. The van der Waals surface area contributed by atoms with Gasteiger partial charge in [-0.25, -0.2) is 0 Å². The minimum Gasteiger partial charge on any atom is -0.481 e. The van der Waals surface area contributed by atoms with Crippen LogP contribution in [0.25, 0.3) is 21.5 Å². The maximum atomic E-state index is 13.1. The molecule has 0 spiro atoms. The van der Waals surface area contributed by atoms with E-state index in [4.69, 9.17) is 0 Å². The first-order valence-electron chi connectivity index (χ1n) is 18.9. The molecule has 278 valence electrons. The fourth-order valence-electron chi connectivity index (χ4n) is 8.40. The molecule has 5 aromatic carbocycles. The lowest BCUT2D eigenvalue weighted by Crippen LogP contribution is -2.31. The summed E-state index contributed by atoms with van der Waals surface area (Å²) in [7, 11) is 0. The minimum atomic E-state index is -0.809. The fourth-order valence-corrected chi connectivity index (χ4v) is 9.00. The highest BCUT2D eigenvalue weighted by molar-refractivity contribution is 14.1. The van der Waals surface area contributed by atoms with Crippen LogP contribution in [0, 0.1) is 3.57 Å². The molecule has 2 N–H and O–H groups in total. The second-order valence-corrected chi connectivity index (χ2v) is 16.5. The summed E-state index contributed by atoms with van der Waals surface area (Å²) in [5.41, 5.74) is 7.43. The Hall–Kier alpha value is -5.28. The van der Waals surface area contributed by atoms with E-state index in [1.807, 2.05) is 42.5 Å². The third-order valence-electron chi connectivity index (χ3n) is 11.0. The summed E-state index contributed by atoms with van der Waals surface area (Å²) in [6.07, 6.45) is 14.9. The SMILES string of the molecule is CC1(C)C(=CC=CC=CC=CC2=[N+](CCC(=O)O)c3ccc4ccccc4c3C2(C)C)N(CCC(=O)NCc2cccc(I)c2)c2ccc3ccccc3c21. The van der Waals surface area contributed by atoms with Gasteiger partial charge in [0.25, 0.3) is 0 Å². The van der Waals surface area contributed by atoms with Gasteiger partial charge < -0.3 is 15.3 Å². The van der Waals surface area contributed by atoms with Crippen molar-refractivity contribution in [2.75, 3.05) is 18.0 Å². The lowest BCUT2D eigenvalue weighted by atomic mass is 9.79. The van der Waals surface area contributed by atoms with Crippen molar-refractivity contribution in [3.63, 3.8) is 0 Å². The van der Waals surface area contributed by atoms with Gasteiger partial charge in [0.15, 0.2) is 12.3 Å². The Kier molecular flexibility index (Phi) is 10.9. The fraction of sp³-hybridized carbons (Fsp3) is 0.229. The van der Waals surface area contributed by atoms with Gasteiger partial charge >= 0.3 is 5.97 Å². The average Bonchev–Trinajstić information content (AvgIpc) is 3.53. The first-order chi connectivity index (χ1) is 26.5. The molecule has 0 saturated heterocycles. The number of halogens is 1. The number of fused-ring (bicyclic) bond motifs is 6. The number of benzene rings is 5. The van der Waals surface area contributed by atoms with Gasteiger partial charge in [0.1, 0.15) is 6.42 Å². The van der Waals surface area contributed by atoms with Crippen molar-refractivity contribution >= 4 is 73.1 Å². The number of amides is 1. The van der Waals surface area contributed by atoms with Crippen LogP contribution in [0.1, 0.15) is 57.2 Å². The number of rotatable bonds is 12. The number of aliphatic carboxylic acids is 1. The summed E-state index contributed by atoms with van der Waals surface area (Å²) >= 11 is 2.29. The maximum Gasteiger partial charge on any atom is 0.309 e. The lowest BCUT2D eigenvalue weighted by molar-refractivity contribution is -0.436. The number of carboxylic acids is 1. The molecule has 0 radical (unpaired) electrons. The molecule has 2 aliphatic rings. The molecule has 7 heteroatoms. The van der Waals surface area contributed by atoms with E-state index in [0.717, 1.165) is 31.9 Å². The van der Waals surface area contributed by atoms with Gasteiger partial charge in [-0.05, 0) is 99.5 Å². The quantitative estimate of drug-likeness (QED) is 0.0746. The van der Waals surface area contributed by atoms with Gasteiger partial charge in [-0.3, -0.25) is 9.59 Å². The molecule has 0 aromatic heterocycles. The van der Waals surface area contributed by atoms with E-state index in [1.54, 1.807) is 0 Å². The maximum absolute atomic E-state index is 13.1. The molecular formula is C48H47IN3O3+. The zero-order valence-electron chi connectivity index (χ0n) is 31.9. The van der Waals surface area contributed by atoms with Crippen molar-refractivity contribution in [3.8, 4) is 0 Å². The molecule has 2 heterocycles. The highest BCUT2D eigenvalue weighted by atomic mass is 127. The molecular weight excluding hydrogens is 793 g/mol. The number of carbonyl (C=O) groups excluding carboxylic acids is 1. The number of nitrogens with one attached hydrogen (secondary N) is 1. The zero-order valence-corrected chi connectivity index (χ0v) is 34.0. The van der Waals surface area contributed by atoms with Gasteiger partial charge in [0, 0.05) is 57.6 Å². The van der Waals surface area contributed by atoms with Crippen LogP contribution in [0.2, 0.25) is 0 Å². The average molecular weight is 841 g/mol. The molecule has 55 heavy (non-hydrogen) atoms. The number of anilines is 1. The molecule has 1 amide bonds. The molecule has 7 rings (SSSR count). The summed E-state index contributed by atoms with van der Waals surface area (Å²) in [4.78, 5) is 27.1. The summed E-state index contributed by atoms with van der Waals surface area (Å²) < 4.78 is 3.32. The minimum absolute atomic E-state index is 0.0247. The van der Waals surface area contributed by atoms with Crippen molar-refractivity contribution in [2.45, 2.75) is 57.9 Å². The molecule has 0 aliphatic carbocycles. The predicted molar refractivity (Wildman–Crippen MR) is 234 cm³/mol. The third kappa shape index (κ3) is 7.67. The molecule has 0 saturated carbocycles.